The van der Waals surface area contributed by atoms with Crippen LogP contribution in [0.4, 0.5) is 0 Å². The van der Waals surface area contributed by atoms with Crippen molar-refractivity contribution in [2.45, 2.75) is 0 Å². The van der Waals surface area contributed by atoms with Crippen molar-refractivity contribution in [3.05, 3.63) is 29.0 Å². The van der Waals surface area contributed by atoms with E-state index in [1.165, 1.54) is 6.20 Å². The molecule has 1 rings (SSSR count). The van der Waals surface area contributed by atoms with E-state index in [2.05, 4.69) is 12.2 Å². The molecule has 2 nitrogen and oxygen atoms in total. The van der Waals surface area contributed by atoms with E-state index < -0.39 is 0 Å². The zero-order valence-corrected chi connectivity index (χ0v) is 8.85. The second-order valence-corrected chi connectivity index (χ2v) is 1.80. The van der Waals surface area contributed by atoms with Crippen molar-refractivity contribution in [3.63, 3.8) is 0 Å². The Bertz CT molecular complexity index is 234. The Morgan fingerprint density at radius 1 is 1.44 bits per heavy atom. The van der Waals surface area contributed by atoms with Crippen LogP contribution < -0.4 is 0 Å². The number of aromatic nitrogens is 1. The van der Waals surface area contributed by atoms with Crippen LogP contribution in [0.2, 0.25) is 0 Å². The van der Waals surface area contributed by atoms with Gasteiger partial charge in [-0.05, 0) is 12.1 Å². The molecule has 1 aromatic heterocycles. The summed E-state index contributed by atoms with van der Waals surface area (Å²) in [5.74, 6) is 0. The second-order valence-electron chi connectivity index (χ2n) is 1.38. The molecule has 0 spiro atoms. The maximum Gasteiger partial charge on any atom is 0.142 e. The van der Waals surface area contributed by atoms with Gasteiger partial charge in [-0.1, -0.05) is 18.3 Å². The van der Waals surface area contributed by atoms with Gasteiger partial charge in [-0.3, -0.25) is 0 Å². The minimum Gasteiger partial charge on any atom is -0.428 e. The van der Waals surface area contributed by atoms with Crippen molar-refractivity contribution < 1.29 is 5.21 Å². The first-order valence-electron chi connectivity index (χ1n) is 2.17. The predicted octanol–water partition coefficient (Wildman–Crippen LogP) is 1.07. The molecule has 3 radical (unpaired) electrons. The molecule has 0 amide bonds. The van der Waals surface area contributed by atoms with Crippen LogP contribution in [0.25, 0.3) is 0 Å². The van der Waals surface area contributed by atoms with Crippen molar-refractivity contribution in [3.8, 4) is 0 Å². The SMILES string of the molecule is On1ccccc1=S.[Bi]. The second kappa shape index (κ2) is 3.96. The smallest absolute Gasteiger partial charge is 0.142 e. The molecule has 1 heterocycles. The van der Waals surface area contributed by atoms with Crippen LogP contribution in [-0.4, -0.2) is 36.1 Å². The van der Waals surface area contributed by atoms with Crippen molar-refractivity contribution in [1.29, 1.82) is 0 Å². The van der Waals surface area contributed by atoms with Crippen molar-refractivity contribution in [2.75, 3.05) is 0 Å². The van der Waals surface area contributed by atoms with Gasteiger partial charge in [0.05, 0.1) is 0 Å². The third-order valence-electron chi connectivity index (χ3n) is 0.803. The first-order valence-corrected chi connectivity index (χ1v) is 2.58. The van der Waals surface area contributed by atoms with Gasteiger partial charge in [0.1, 0.15) is 4.64 Å². The van der Waals surface area contributed by atoms with E-state index in [-0.39, 0.29) is 26.2 Å². The Kier molecular flexibility index (Phi) is 3.99. The van der Waals surface area contributed by atoms with Crippen LogP contribution in [0.15, 0.2) is 24.4 Å². The van der Waals surface area contributed by atoms with E-state index in [1.54, 1.807) is 18.2 Å². The molecule has 0 fully saturated rings. The van der Waals surface area contributed by atoms with Crippen LogP contribution >= 0.6 is 12.2 Å². The first kappa shape index (κ1) is 9.05. The molecule has 0 aromatic carbocycles. The largest absolute Gasteiger partial charge is 0.428 e. The van der Waals surface area contributed by atoms with Gasteiger partial charge in [0.25, 0.3) is 0 Å². The number of rotatable bonds is 0. The maximum atomic E-state index is 8.73. The predicted molar refractivity (Wildman–Crippen MR) is 38.2 cm³/mol. The molecule has 4 heteroatoms. The molecule has 0 atom stereocenters. The van der Waals surface area contributed by atoms with Gasteiger partial charge >= 0.3 is 0 Å². The van der Waals surface area contributed by atoms with E-state index in [0.29, 0.717) is 4.64 Å². The fraction of sp³-hybridized carbons (Fsp3) is 0. The number of pyridine rings is 1. The van der Waals surface area contributed by atoms with Crippen LogP contribution in [0, 0.1) is 4.64 Å². The topological polar surface area (TPSA) is 25.2 Å². The zero-order chi connectivity index (χ0) is 5.98. The summed E-state index contributed by atoms with van der Waals surface area (Å²) < 4.78 is 1.32. The number of nitrogens with zero attached hydrogens (tertiary/aromatic N) is 1. The molecule has 0 aliphatic heterocycles. The molecular formula is C5H5BiNOS. The normalized spacial score (nSPS) is 8.00. The fourth-order valence-electron chi connectivity index (χ4n) is 0.419. The molecule has 0 saturated carbocycles. The minimum atomic E-state index is 0. The molecule has 0 unspecified atom stereocenters. The third kappa shape index (κ3) is 2.42. The third-order valence-corrected chi connectivity index (χ3v) is 1.13. The summed E-state index contributed by atoms with van der Waals surface area (Å²) >= 11 is 4.67. The quantitative estimate of drug-likeness (QED) is 0.436. The maximum absolute atomic E-state index is 8.73. The molecule has 9 heavy (non-hydrogen) atoms. The Balaban J connectivity index is 0.000000640. The van der Waals surface area contributed by atoms with Gasteiger partial charge in [0.15, 0.2) is 0 Å². The average Bonchev–Trinajstić information content (AvgIpc) is 1.77. The van der Waals surface area contributed by atoms with Gasteiger partial charge in [-0.25, -0.2) is 0 Å². The summed E-state index contributed by atoms with van der Waals surface area (Å²) in [6.07, 6.45) is 1.49. The molecule has 1 aromatic rings. The summed E-state index contributed by atoms with van der Waals surface area (Å²) in [6.45, 7) is 0. The molecule has 0 aliphatic carbocycles. The van der Waals surface area contributed by atoms with Crippen molar-refractivity contribution in [1.82, 2.24) is 4.73 Å². The number of hydrogen-bond donors (Lipinski definition) is 1. The summed E-state index contributed by atoms with van der Waals surface area (Å²) in [5, 5.41) is 8.73. The Morgan fingerprint density at radius 3 is 2.44 bits per heavy atom. The van der Waals surface area contributed by atoms with Gasteiger partial charge in [-0.2, -0.15) is 4.73 Å². The van der Waals surface area contributed by atoms with E-state index in [9.17, 15) is 0 Å². The van der Waals surface area contributed by atoms with Crippen molar-refractivity contribution in [2.24, 2.45) is 0 Å². The van der Waals surface area contributed by atoms with Gasteiger partial charge in [-0.15, -0.1) is 0 Å². The molecule has 47 valence electrons. The zero-order valence-electron chi connectivity index (χ0n) is 4.56. The standard InChI is InChI=1S/C5H5NOS.Bi/c7-6-4-2-1-3-5(6)8;/h1-4,7H;. The fourth-order valence-corrected chi connectivity index (χ4v) is 0.558. The Hall–Kier alpha value is 0.0531. The number of hydrogen-bond acceptors (Lipinski definition) is 2. The molecular weight excluding hydrogens is 331 g/mol. The summed E-state index contributed by atoms with van der Waals surface area (Å²) in [6, 6.07) is 5.13. The van der Waals surface area contributed by atoms with E-state index in [4.69, 9.17) is 5.21 Å². The molecule has 1 N–H and O–H groups in total. The average molecular weight is 336 g/mol. The summed E-state index contributed by atoms with van der Waals surface area (Å²) in [5.41, 5.74) is 0. The van der Waals surface area contributed by atoms with Crippen LogP contribution in [0.5, 0.6) is 0 Å². The first-order chi connectivity index (χ1) is 3.80. The summed E-state index contributed by atoms with van der Waals surface area (Å²) in [7, 11) is 0. The van der Waals surface area contributed by atoms with Gasteiger partial charge in [0.2, 0.25) is 0 Å². The van der Waals surface area contributed by atoms with E-state index >= 15 is 0 Å². The van der Waals surface area contributed by atoms with Crippen molar-refractivity contribution >= 4 is 38.4 Å². The minimum absolute atomic E-state index is 0. The van der Waals surface area contributed by atoms with Crippen LogP contribution in [-0.2, 0) is 0 Å². The van der Waals surface area contributed by atoms with E-state index in [0.717, 1.165) is 4.73 Å². The van der Waals surface area contributed by atoms with Crippen LogP contribution in [0.3, 0.4) is 0 Å². The molecule has 0 aliphatic rings. The van der Waals surface area contributed by atoms with Gasteiger partial charge < -0.3 is 5.21 Å². The molecule has 0 bridgehead atoms. The summed E-state index contributed by atoms with van der Waals surface area (Å²) in [4.78, 5) is 0. The van der Waals surface area contributed by atoms with Crippen LogP contribution in [0.1, 0.15) is 0 Å². The Labute approximate surface area is 77.2 Å². The molecule has 0 saturated heterocycles. The monoisotopic (exact) mass is 336 g/mol. The Morgan fingerprint density at radius 2 is 2.11 bits per heavy atom. The van der Waals surface area contributed by atoms with E-state index in [1.807, 2.05) is 0 Å². The van der Waals surface area contributed by atoms with Gasteiger partial charge in [0, 0.05) is 32.4 Å².